The van der Waals surface area contributed by atoms with Crippen LogP contribution < -0.4 is 4.72 Å². The number of carbonyl (C=O) groups excluding carboxylic acids is 1. The van der Waals surface area contributed by atoms with Crippen molar-refractivity contribution in [3.05, 3.63) is 0 Å². The van der Waals surface area contributed by atoms with Crippen LogP contribution in [0.15, 0.2) is 0 Å². The molecule has 0 rings (SSSR count). The van der Waals surface area contributed by atoms with Crippen LogP contribution in [0.2, 0.25) is 0 Å². The average Bonchev–Trinajstić information content (AvgIpc) is 2.24. The number of rotatable bonds is 8. The number of methoxy groups -OCH3 is 1. The highest BCUT2D eigenvalue weighted by atomic mass is 32.2. The van der Waals surface area contributed by atoms with Crippen LogP contribution >= 0.6 is 0 Å². The molecule has 0 aromatic carbocycles. The number of hydrogen-bond donors (Lipinski definition) is 1. The van der Waals surface area contributed by atoms with Gasteiger partial charge in [-0.05, 0) is 20.3 Å². The molecule has 0 amide bonds. The van der Waals surface area contributed by atoms with Crippen LogP contribution in [0.1, 0.15) is 26.7 Å². The molecule has 0 saturated carbocycles. The predicted molar refractivity (Wildman–Crippen MR) is 72.0 cm³/mol. The van der Waals surface area contributed by atoms with Gasteiger partial charge in [0.25, 0.3) is 0 Å². The molecule has 9 heteroatoms. The molecule has 0 unspecified atom stereocenters. The molecule has 0 atom stereocenters. The molecule has 114 valence electrons. The van der Waals surface area contributed by atoms with Gasteiger partial charge in [0.15, 0.2) is 9.84 Å². The number of nitrogens with one attached hydrogen (secondary N) is 1. The normalized spacial score (nSPS) is 13.3. The van der Waals surface area contributed by atoms with Crippen molar-refractivity contribution in [2.45, 2.75) is 31.4 Å². The van der Waals surface area contributed by atoms with Gasteiger partial charge in [0.1, 0.15) is 0 Å². The van der Waals surface area contributed by atoms with Crippen molar-refractivity contribution in [3.8, 4) is 0 Å². The minimum atomic E-state index is -3.60. The number of esters is 1. The molecule has 0 aromatic rings. The van der Waals surface area contributed by atoms with E-state index >= 15 is 0 Å². The van der Waals surface area contributed by atoms with E-state index < -0.39 is 30.6 Å². The lowest BCUT2D eigenvalue weighted by molar-refractivity contribution is -0.140. The van der Waals surface area contributed by atoms with E-state index in [2.05, 4.69) is 9.46 Å². The van der Waals surface area contributed by atoms with Crippen LogP contribution in [-0.2, 0) is 29.4 Å². The average molecular weight is 315 g/mol. The monoisotopic (exact) mass is 315 g/mol. The minimum absolute atomic E-state index is 0.00682. The first-order valence-corrected chi connectivity index (χ1v) is 9.19. The maximum absolute atomic E-state index is 11.6. The van der Waals surface area contributed by atoms with Gasteiger partial charge in [-0.2, -0.15) is 0 Å². The summed E-state index contributed by atoms with van der Waals surface area (Å²) in [7, 11) is -5.74. The zero-order valence-corrected chi connectivity index (χ0v) is 13.2. The Balaban J connectivity index is 4.37. The lowest BCUT2D eigenvalue weighted by Crippen LogP contribution is -2.44. The second kappa shape index (κ2) is 6.67. The first-order chi connectivity index (χ1) is 8.41. The summed E-state index contributed by atoms with van der Waals surface area (Å²) in [6, 6.07) is 0. The highest BCUT2D eigenvalue weighted by Gasteiger charge is 2.31. The molecule has 0 saturated heterocycles. The van der Waals surface area contributed by atoms with Crippen LogP contribution in [0.3, 0.4) is 0 Å². The van der Waals surface area contributed by atoms with Crippen LogP contribution in [-0.4, -0.2) is 53.2 Å². The molecule has 0 radical (unpaired) electrons. The summed E-state index contributed by atoms with van der Waals surface area (Å²) in [4.78, 5) is 10.8. The lowest BCUT2D eigenvalue weighted by Gasteiger charge is -2.22. The molecule has 0 aliphatic rings. The topological polar surface area (TPSA) is 107 Å². The minimum Gasteiger partial charge on any atom is -0.469 e. The standard InChI is InChI=1S/C10H21NO6S2/c1-10(2,18(4,13)14)8-11-19(15,16)7-5-6-9(12)17-3/h11H,5-8H2,1-4H3. The Kier molecular flexibility index (Phi) is 6.43. The van der Waals surface area contributed by atoms with Crippen molar-refractivity contribution in [2.24, 2.45) is 0 Å². The van der Waals surface area contributed by atoms with Crippen molar-refractivity contribution in [2.75, 3.05) is 25.7 Å². The summed E-state index contributed by atoms with van der Waals surface area (Å²) < 4.78 is 51.5. The van der Waals surface area contributed by atoms with E-state index in [9.17, 15) is 21.6 Å². The Morgan fingerprint density at radius 1 is 1.21 bits per heavy atom. The van der Waals surface area contributed by atoms with Crippen LogP contribution in [0.25, 0.3) is 0 Å². The number of ether oxygens (including phenoxy) is 1. The van der Waals surface area contributed by atoms with Crippen LogP contribution in [0.5, 0.6) is 0 Å². The van der Waals surface area contributed by atoms with Gasteiger partial charge >= 0.3 is 5.97 Å². The Bertz CT molecular complexity index is 506. The third kappa shape index (κ3) is 6.88. The fourth-order valence-electron chi connectivity index (χ4n) is 0.996. The predicted octanol–water partition coefficient (Wildman–Crippen LogP) is -0.318. The lowest BCUT2D eigenvalue weighted by atomic mass is 10.2. The first-order valence-electron chi connectivity index (χ1n) is 5.65. The third-order valence-corrected chi connectivity index (χ3v) is 6.31. The molecule has 0 aliphatic heterocycles. The molecule has 7 nitrogen and oxygen atoms in total. The molecular formula is C10H21NO6S2. The quantitative estimate of drug-likeness (QED) is 0.615. The van der Waals surface area contributed by atoms with E-state index in [0.29, 0.717) is 0 Å². The molecule has 0 aliphatic carbocycles. The Hall–Kier alpha value is -0.670. The summed E-state index contributed by atoms with van der Waals surface area (Å²) in [5.41, 5.74) is 0. The van der Waals surface area contributed by atoms with Crippen molar-refractivity contribution in [1.29, 1.82) is 0 Å². The third-order valence-electron chi connectivity index (χ3n) is 2.74. The second-order valence-electron chi connectivity index (χ2n) is 4.85. The molecule has 0 heterocycles. The van der Waals surface area contributed by atoms with Gasteiger partial charge in [0.2, 0.25) is 10.0 Å². The highest BCUT2D eigenvalue weighted by molar-refractivity contribution is 7.92. The largest absolute Gasteiger partial charge is 0.469 e. The summed E-state index contributed by atoms with van der Waals surface area (Å²) in [6.45, 7) is 2.69. The van der Waals surface area contributed by atoms with E-state index in [1.54, 1.807) is 0 Å². The van der Waals surface area contributed by atoms with Crippen molar-refractivity contribution >= 4 is 25.8 Å². The highest BCUT2D eigenvalue weighted by Crippen LogP contribution is 2.14. The zero-order chi connectivity index (χ0) is 15.3. The number of hydrogen-bond acceptors (Lipinski definition) is 6. The van der Waals surface area contributed by atoms with Gasteiger partial charge in [-0.3, -0.25) is 4.79 Å². The van der Waals surface area contributed by atoms with Gasteiger partial charge in [0.05, 0.1) is 17.6 Å². The van der Waals surface area contributed by atoms with Gasteiger partial charge < -0.3 is 4.74 Å². The van der Waals surface area contributed by atoms with Gasteiger partial charge in [-0.1, -0.05) is 0 Å². The second-order valence-corrected chi connectivity index (χ2v) is 9.43. The molecule has 0 bridgehead atoms. The molecule has 1 N–H and O–H groups in total. The molecular weight excluding hydrogens is 294 g/mol. The Morgan fingerprint density at radius 2 is 1.74 bits per heavy atom. The van der Waals surface area contributed by atoms with E-state index in [1.165, 1.54) is 21.0 Å². The van der Waals surface area contributed by atoms with Crippen molar-refractivity contribution in [1.82, 2.24) is 4.72 Å². The number of carbonyl (C=O) groups is 1. The fraction of sp³-hybridized carbons (Fsp3) is 0.900. The summed E-state index contributed by atoms with van der Waals surface area (Å²) in [6.07, 6.45) is 1.19. The Labute approximate surface area is 114 Å². The van der Waals surface area contributed by atoms with E-state index in [0.717, 1.165) is 6.26 Å². The zero-order valence-electron chi connectivity index (χ0n) is 11.6. The van der Waals surface area contributed by atoms with E-state index in [4.69, 9.17) is 0 Å². The van der Waals surface area contributed by atoms with Gasteiger partial charge in [-0.25, -0.2) is 21.6 Å². The molecule has 0 aromatic heterocycles. The van der Waals surface area contributed by atoms with E-state index in [-0.39, 0.29) is 25.1 Å². The van der Waals surface area contributed by atoms with Gasteiger partial charge in [-0.15, -0.1) is 0 Å². The smallest absolute Gasteiger partial charge is 0.305 e. The summed E-state index contributed by atoms with van der Waals surface area (Å²) >= 11 is 0. The number of sulfone groups is 1. The maximum atomic E-state index is 11.6. The van der Waals surface area contributed by atoms with E-state index in [1.807, 2.05) is 0 Å². The molecule has 0 spiro atoms. The van der Waals surface area contributed by atoms with Crippen molar-refractivity contribution in [3.63, 3.8) is 0 Å². The number of sulfonamides is 1. The van der Waals surface area contributed by atoms with Gasteiger partial charge in [0, 0.05) is 19.2 Å². The van der Waals surface area contributed by atoms with Crippen molar-refractivity contribution < 1.29 is 26.4 Å². The summed E-state index contributed by atoms with van der Waals surface area (Å²) in [5.74, 6) is -0.728. The molecule has 19 heavy (non-hydrogen) atoms. The Morgan fingerprint density at radius 3 is 2.16 bits per heavy atom. The molecule has 0 fully saturated rings. The van der Waals surface area contributed by atoms with Crippen LogP contribution in [0.4, 0.5) is 0 Å². The SMILES string of the molecule is COC(=O)CCCS(=O)(=O)NCC(C)(C)S(C)(=O)=O. The first kappa shape index (κ1) is 18.3. The fourth-order valence-corrected chi connectivity index (χ4v) is 2.67. The summed E-state index contributed by atoms with van der Waals surface area (Å²) in [5, 5.41) is 0. The maximum Gasteiger partial charge on any atom is 0.305 e. The van der Waals surface area contributed by atoms with Crippen LogP contribution in [0, 0.1) is 0 Å².